The highest BCUT2D eigenvalue weighted by molar-refractivity contribution is 7.91. The molecule has 0 spiro atoms. The largest absolute Gasteiger partial charge is 0.250 e. The molecule has 4 nitrogen and oxygen atoms in total. The second-order valence-electron chi connectivity index (χ2n) is 4.11. The van der Waals surface area contributed by atoms with Gasteiger partial charge in [0.1, 0.15) is 15.2 Å². The van der Waals surface area contributed by atoms with Gasteiger partial charge in [0, 0.05) is 6.04 Å². The van der Waals surface area contributed by atoms with Crippen molar-refractivity contribution in [3.8, 4) is 6.07 Å². The Labute approximate surface area is 106 Å². The smallest absolute Gasteiger partial charge is 0.207 e. The molecule has 1 atom stereocenters. The van der Waals surface area contributed by atoms with Crippen LogP contribution >= 0.6 is 11.3 Å². The fraction of sp³-hybridized carbons (Fsp3) is 0.545. The Bertz CT molecular complexity index is 512. The summed E-state index contributed by atoms with van der Waals surface area (Å²) in [7, 11) is -3.49. The molecule has 0 saturated carbocycles. The van der Waals surface area contributed by atoms with Crippen LogP contribution in [0.15, 0.2) is 16.3 Å². The minimum Gasteiger partial charge on any atom is -0.207 e. The molecule has 6 heteroatoms. The molecule has 0 fully saturated rings. The summed E-state index contributed by atoms with van der Waals surface area (Å²) in [4.78, 5) is 0.406. The number of nitrogens with one attached hydrogen (secondary N) is 1. The Kier molecular flexibility index (Phi) is 4.69. The van der Waals surface area contributed by atoms with Gasteiger partial charge in [-0.25, -0.2) is 13.1 Å². The van der Waals surface area contributed by atoms with Gasteiger partial charge in [0.15, 0.2) is 0 Å². The second-order valence-corrected chi connectivity index (χ2v) is 7.14. The maximum atomic E-state index is 12.0. The summed E-state index contributed by atoms with van der Waals surface area (Å²) in [6.07, 6.45) is 0.743. The van der Waals surface area contributed by atoms with Crippen LogP contribution in [0.2, 0.25) is 0 Å². The average Bonchev–Trinajstić information content (AvgIpc) is 2.74. The van der Waals surface area contributed by atoms with Crippen molar-refractivity contribution in [3.63, 3.8) is 0 Å². The number of nitriles is 1. The van der Waals surface area contributed by atoms with Gasteiger partial charge < -0.3 is 0 Å². The quantitative estimate of drug-likeness (QED) is 0.894. The standard InChI is InChI=1S/C11H16N2O2S2/c1-4-10(8(2)3)13-17(14,15)11-6-5-9(7-12)16-11/h5-6,8,10,13H,4H2,1-3H3. The van der Waals surface area contributed by atoms with E-state index in [1.807, 2.05) is 26.8 Å². The van der Waals surface area contributed by atoms with E-state index in [9.17, 15) is 8.42 Å². The zero-order valence-corrected chi connectivity index (χ0v) is 11.7. The van der Waals surface area contributed by atoms with Gasteiger partial charge >= 0.3 is 0 Å². The molecule has 1 N–H and O–H groups in total. The van der Waals surface area contributed by atoms with Crippen molar-refractivity contribution >= 4 is 21.4 Å². The van der Waals surface area contributed by atoms with Crippen LogP contribution in [0.4, 0.5) is 0 Å². The summed E-state index contributed by atoms with van der Waals surface area (Å²) in [5, 5.41) is 8.68. The van der Waals surface area contributed by atoms with Gasteiger partial charge in [0.25, 0.3) is 0 Å². The van der Waals surface area contributed by atoms with Crippen LogP contribution in [-0.4, -0.2) is 14.5 Å². The van der Waals surface area contributed by atoms with Gasteiger partial charge in [-0.2, -0.15) is 5.26 Å². The van der Waals surface area contributed by atoms with Gasteiger partial charge in [-0.3, -0.25) is 0 Å². The minimum absolute atomic E-state index is 0.0763. The monoisotopic (exact) mass is 272 g/mol. The third-order valence-corrected chi connectivity index (χ3v) is 5.48. The maximum absolute atomic E-state index is 12.0. The summed E-state index contributed by atoms with van der Waals surface area (Å²) in [5.74, 6) is 0.241. The summed E-state index contributed by atoms with van der Waals surface area (Å²) >= 11 is 0.992. The maximum Gasteiger partial charge on any atom is 0.250 e. The molecule has 0 aliphatic carbocycles. The van der Waals surface area contributed by atoms with E-state index in [1.54, 1.807) is 0 Å². The first kappa shape index (κ1) is 14.2. The van der Waals surface area contributed by atoms with Crippen LogP contribution < -0.4 is 4.72 Å². The first-order chi connectivity index (χ1) is 7.90. The molecule has 0 saturated heterocycles. The molecule has 0 bridgehead atoms. The normalized spacial score (nSPS) is 13.6. The molecule has 1 unspecified atom stereocenters. The highest BCUT2D eigenvalue weighted by Crippen LogP contribution is 2.21. The lowest BCUT2D eigenvalue weighted by atomic mass is 10.0. The molecule has 0 radical (unpaired) electrons. The Morgan fingerprint density at radius 1 is 1.47 bits per heavy atom. The Balaban J connectivity index is 2.92. The number of hydrogen-bond acceptors (Lipinski definition) is 4. The van der Waals surface area contributed by atoms with Crippen molar-refractivity contribution in [2.45, 2.75) is 37.4 Å². The lowest BCUT2D eigenvalue weighted by molar-refractivity contribution is 0.438. The zero-order chi connectivity index (χ0) is 13.1. The number of sulfonamides is 1. The van der Waals surface area contributed by atoms with Crippen molar-refractivity contribution < 1.29 is 8.42 Å². The number of thiophene rings is 1. The van der Waals surface area contributed by atoms with Crippen molar-refractivity contribution in [1.29, 1.82) is 5.26 Å². The molecule has 17 heavy (non-hydrogen) atoms. The van der Waals surface area contributed by atoms with Gasteiger partial charge in [-0.15, -0.1) is 11.3 Å². The molecule has 0 amide bonds. The molecular weight excluding hydrogens is 256 g/mol. The summed E-state index contributed by atoms with van der Waals surface area (Å²) < 4.78 is 26.9. The summed E-state index contributed by atoms with van der Waals surface area (Å²) in [5.41, 5.74) is 0. The molecule has 1 rings (SSSR count). The van der Waals surface area contributed by atoms with E-state index >= 15 is 0 Å². The molecular formula is C11H16N2O2S2. The van der Waals surface area contributed by atoms with E-state index in [1.165, 1.54) is 12.1 Å². The van der Waals surface area contributed by atoms with Crippen molar-refractivity contribution in [1.82, 2.24) is 4.72 Å². The highest BCUT2D eigenvalue weighted by Gasteiger charge is 2.22. The van der Waals surface area contributed by atoms with Gasteiger partial charge in [-0.05, 0) is 24.5 Å². The third-order valence-electron chi connectivity index (χ3n) is 2.51. The Morgan fingerprint density at radius 3 is 2.53 bits per heavy atom. The van der Waals surface area contributed by atoms with Crippen LogP contribution in [0.25, 0.3) is 0 Å². The molecule has 1 heterocycles. The topological polar surface area (TPSA) is 70.0 Å². The van der Waals surface area contributed by atoms with E-state index in [0.717, 1.165) is 17.8 Å². The van der Waals surface area contributed by atoms with E-state index in [-0.39, 0.29) is 16.2 Å². The van der Waals surface area contributed by atoms with Crippen LogP contribution in [0.3, 0.4) is 0 Å². The van der Waals surface area contributed by atoms with Crippen LogP contribution in [-0.2, 0) is 10.0 Å². The first-order valence-electron chi connectivity index (χ1n) is 5.43. The van der Waals surface area contributed by atoms with Crippen molar-refractivity contribution in [3.05, 3.63) is 17.0 Å². The fourth-order valence-electron chi connectivity index (χ4n) is 1.47. The van der Waals surface area contributed by atoms with Gasteiger partial charge in [-0.1, -0.05) is 20.8 Å². The predicted molar refractivity (Wildman–Crippen MR) is 68.3 cm³/mol. The molecule has 1 aromatic rings. The van der Waals surface area contributed by atoms with Crippen molar-refractivity contribution in [2.75, 3.05) is 0 Å². The van der Waals surface area contributed by atoms with Crippen LogP contribution in [0.5, 0.6) is 0 Å². The number of nitrogens with zero attached hydrogens (tertiary/aromatic N) is 1. The van der Waals surface area contributed by atoms with Gasteiger partial charge in [0.05, 0.1) is 0 Å². The molecule has 94 valence electrons. The van der Waals surface area contributed by atoms with E-state index in [2.05, 4.69) is 4.72 Å². The lowest BCUT2D eigenvalue weighted by Crippen LogP contribution is -2.37. The van der Waals surface area contributed by atoms with E-state index in [4.69, 9.17) is 5.26 Å². The average molecular weight is 272 g/mol. The predicted octanol–water partition coefficient (Wildman–Crippen LogP) is 2.33. The third kappa shape index (κ3) is 3.53. The second kappa shape index (κ2) is 5.63. The molecule has 0 aromatic carbocycles. The summed E-state index contributed by atoms with van der Waals surface area (Å²) in [6, 6.07) is 4.85. The van der Waals surface area contributed by atoms with Gasteiger partial charge in [0.2, 0.25) is 10.0 Å². The van der Waals surface area contributed by atoms with Crippen molar-refractivity contribution in [2.24, 2.45) is 5.92 Å². The lowest BCUT2D eigenvalue weighted by Gasteiger charge is -2.19. The highest BCUT2D eigenvalue weighted by atomic mass is 32.2. The molecule has 1 aromatic heterocycles. The van der Waals surface area contributed by atoms with E-state index in [0.29, 0.717) is 4.88 Å². The molecule has 0 aliphatic heterocycles. The zero-order valence-electron chi connectivity index (χ0n) is 10.1. The first-order valence-corrected chi connectivity index (χ1v) is 7.73. The van der Waals surface area contributed by atoms with Crippen LogP contribution in [0, 0.1) is 17.2 Å². The SMILES string of the molecule is CCC(NS(=O)(=O)c1ccc(C#N)s1)C(C)C. The van der Waals surface area contributed by atoms with Crippen LogP contribution in [0.1, 0.15) is 32.1 Å². The minimum atomic E-state index is -3.49. The number of hydrogen-bond donors (Lipinski definition) is 1. The number of rotatable bonds is 5. The Morgan fingerprint density at radius 2 is 2.12 bits per heavy atom. The Hall–Kier alpha value is -0.900. The van der Waals surface area contributed by atoms with E-state index < -0.39 is 10.0 Å². The summed E-state index contributed by atoms with van der Waals surface area (Å²) in [6.45, 7) is 5.90. The fourth-order valence-corrected chi connectivity index (χ4v) is 4.06. The molecule has 0 aliphatic rings.